The van der Waals surface area contributed by atoms with E-state index in [2.05, 4.69) is 15.9 Å². The molecule has 0 aliphatic heterocycles. The van der Waals surface area contributed by atoms with E-state index in [0.717, 1.165) is 26.7 Å². The Morgan fingerprint density at radius 1 is 1.10 bits per heavy atom. The molecular weight excluding hydrogens is 328 g/mol. The van der Waals surface area contributed by atoms with Crippen LogP contribution in [-0.4, -0.2) is 4.57 Å². The summed E-state index contributed by atoms with van der Waals surface area (Å²) >= 11 is 3.55. The topological polar surface area (TPSA) is 48.0 Å². The van der Waals surface area contributed by atoms with Crippen LogP contribution in [0.5, 0.6) is 0 Å². The number of nitrogen functional groups attached to an aromatic ring is 1. The van der Waals surface area contributed by atoms with E-state index in [1.54, 1.807) is 4.57 Å². The van der Waals surface area contributed by atoms with Crippen LogP contribution in [0.15, 0.2) is 51.7 Å². The number of hydrogen-bond acceptors (Lipinski definition) is 2. The van der Waals surface area contributed by atoms with E-state index >= 15 is 0 Å². The summed E-state index contributed by atoms with van der Waals surface area (Å²) in [4.78, 5) is 12.8. The molecule has 0 unspecified atom stereocenters. The predicted octanol–water partition coefficient (Wildman–Crippen LogP) is 3.95. The first kappa shape index (κ1) is 13.9. The number of nitrogens with two attached hydrogens (primary N) is 1. The molecule has 3 nitrogen and oxygen atoms in total. The van der Waals surface area contributed by atoms with Crippen LogP contribution in [-0.2, 0) is 0 Å². The molecule has 2 N–H and O–H groups in total. The van der Waals surface area contributed by atoms with Crippen molar-refractivity contribution in [3.05, 3.63) is 68.4 Å². The van der Waals surface area contributed by atoms with Gasteiger partial charge in [-0.1, -0.05) is 24.3 Å². The van der Waals surface area contributed by atoms with Gasteiger partial charge in [0.1, 0.15) is 5.82 Å². The van der Waals surface area contributed by atoms with Crippen LogP contribution in [0, 0.1) is 13.8 Å². The third-order valence-corrected chi connectivity index (χ3v) is 4.18. The molecule has 21 heavy (non-hydrogen) atoms. The van der Waals surface area contributed by atoms with Crippen molar-refractivity contribution in [3.8, 4) is 5.69 Å². The minimum Gasteiger partial charge on any atom is -0.385 e. The van der Waals surface area contributed by atoms with Crippen LogP contribution < -0.4 is 11.3 Å². The third kappa shape index (κ3) is 2.25. The number of aryl methyl sites for hydroxylation is 2. The van der Waals surface area contributed by atoms with Crippen LogP contribution in [0.4, 0.5) is 5.82 Å². The van der Waals surface area contributed by atoms with Crippen molar-refractivity contribution in [3.63, 3.8) is 0 Å². The molecule has 1 aromatic heterocycles. The van der Waals surface area contributed by atoms with Crippen molar-refractivity contribution in [2.45, 2.75) is 13.8 Å². The van der Waals surface area contributed by atoms with E-state index in [1.807, 2.05) is 56.3 Å². The molecule has 3 rings (SSSR count). The largest absolute Gasteiger partial charge is 0.385 e. The Bertz CT molecular complexity index is 889. The SMILES string of the molecule is Cc1cc(C)c(-n2c(N)cc3ccccc3c2=O)c(Br)c1. The van der Waals surface area contributed by atoms with Crippen LogP contribution in [0.2, 0.25) is 0 Å². The highest BCUT2D eigenvalue weighted by atomic mass is 79.9. The Hall–Kier alpha value is -2.07. The Morgan fingerprint density at radius 3 is 2.52 bits per heavy atom. The Morgan fingerprint density at radius 2 is 1.81 bits per heavy atom. The van der Waals surface area contributed by atoms with Gasteiger partial charge in [0, 0.05) is 9.86 Å². The van der Waals surface area contributed by atoms with Gasteiger partial charge in [-0.2, -0.15) is 0 Å². The third-order valence-electron chi connectivity index (χ3n) is 3.58. The predicted molar refractivity (Wildman–Crippen MR) is 91.1 cm³/mol. The second kappa shape index (κ2) is 5.04. The lowest BCUT2D eigenvalue weighted by Gasteiger charge is -2.16. The molecule has 0 saturated carbocycles. The van der Waals surface area contributed by atoms with Gasteiger partial charge < -0.3 is 5.73 Å². The molecule has 0 atom stereocenters. The average Bonchev–Trinajstić information content (AvgIpc) is 2.41. The highest BCUT2D eigenvalue weighted by Crippen LogP contribution is 2.28. The summed E-state index contributed by atoms with van der Waals surface area (Å²) in [5, 5.41) is 1.52. The highest BCUT2D eigenvalue weighted by Gasteiger charge is 2.14. The van der Waals surface area contributed by atoms with Crippen molar-refractivity contribution in [1.82, 2.24) is 4.57 Å². The molecule has 0 aliphatic rings. The second-order valence-corrected chi connectivity index (χ2v) is 6.06. The zero-order chi connectivity index (χ0) is 15.1. The number of pyridine rings is 1. The van der Waals surface area contributed by atoms with Gasteiger partial charge in [0.25, 0.3) is 5.56 Å². The smallest absolute Gasteiger partial charge is 0.264 e. The highest BCUT2D eigenvalue weighted by molar-refractivity contribution is 9.10. The molecule has 0 bridgehead atoms. The van der Waals surface area contributed by atoms with Crippen molar-refractivity contribution in [2.75, 3.05) is 5.73 Å². The summed E-state index contributed by atoms with van der Waals surface area (Å²) < 4.78 is 2.44. The van der Waals surface area contributed by atoms with Crippen molar-refractivity contribution in [1.29, 1.82) is 0 Å². The number of hydrogen-bond donors (Lipinski definition) is 1. The lowest BCUT2D eigenvalue weighted by atomic mass is 10.1. The molecular formula is C17H15BrN2O. The second-order valence-electron chi connectivity index (χ2n) is 5.21. The monoisotopic (exact) mass is 342 g/mol. The number of halogens is 1. The molecule has 1 heterocycles. The first-order valence-electron chi connectivity index (χ1n) is 6.66. The molecule has 106 valence electrons. The van der Waals surface area contributed by atoms with E-state index in [1.165, 1.54) is 0 Å². The number of rotatable bonds is 1. The molecule has 0 saturated heterocycles. The first-order valence-corrected chi connectivity index (χ1v) is 7.46. The first-order chi connectivity index (χ1) is 9.99. The zero-order valence-electron chi connectivity index (χ0n) is 11.9. The summed E-state index contributed by atoms with van der Waals surface area (Å²) in [7, 11) is 0. The van der Waals surface area contributed by atoms with E-state index in [-0.39, 0.29) is 5.56 Å². The Kier molecular flexibility index (Phi) is 3.33. The van der Waals surface area contributed by atoms with Crippen molar-refractivity contribution >= 4 is 32.5 Å². The minimum atomic E-state index is -0.0988. The number of anilines is 1. The maximum atomic E-state index is 12.8. The van der Waals surface area contributed by atoms with Crippen LogP contribution in [0.3, 0.4) is 0 Å². The summed E-state index contributed by atoms with van der Waals surface area (Å²) in [5.74, 6) is 0.436. The summed E-state index contributed by atoms with van der Waals surface area (Å²) in [6.45, 7) is 4.00. The summed E-state index contributed by atoms with van der Waals surface area (Å²) in [6.07, 6.45) is 0. The van der Waals surface area contributed by atoms with Gasteiger partial charge in [-0.05, 0) is 64.5 Å². The minimum absolute atomic E-state index is 0.0988. The number of nitrogens with zero attached hydrogens (tertiary/aromatic N) is 1. The summed E-state index contributed by atoms with van der Waals surface area (Å²) in [6, 6.07) is 13.4. The molecule has 0 aliphatic carbocycles. The summed E-state index contributed by atoms with van der Waals surface area (Å²) in [5.41, 5.74) is 8.98. The zero-order valence-corrected chi connectivity index (χ0v) is 13.4. The lowest BCUT2D eigenvalue weighted by Crippen LogP contribution is -2.22. The van der Waals surface area contributed by atoms with Crippen LogP contribution in [0.25, 0.3) is 16.5 Å². The Labute approximate surface area is 131 Å². The number of fused-ring (bicyclic) bond motifs is 1. The van der Waals surface area contributed by atoms with Crippen molar-refractivity contribution in [2.24, 2.45) is 0 Å². The number of benzene rings is 2. The maximum absolute atomic E-state index is 12.8. The van der Waals surface area contributed by atoms with Gasteiger partial charge in [0.2, 0.25) is 0 Å². The molecule has 3 aromatic rings. The number of aromatic nitrogens is 1. The fourth-order valence-electron chi connectivity index (χ4n) is 2.70. The fourth-order valence-corrected chi connectivity index (χ4v) is 3.55. The quantitative estimate of drug-likeness (QED) is 0.727. The van der Waals surface area contributed by atoms with Gasteiger partial charge in [-0.15, -0.1) is 0 Å². The molecule has 2 aromatic carbocycles. The van der Waals surface area contributed by atoms with Gasteiger partial charge in [0.15, 0.2) is 0 Å². The van der Waals surface area contributed by atoms with Gasteiger partial charge in [-0.3, -0.25) is 9.36 Å². The van der Waals surface area contributed by atoms with E-state index in [9.17, 15) is 4.79 Å². The van der Waals surface area contributed by atoms with Crippen molar-refractivity contribution < 1.29 is 0 Å². The van der Waals surface area contributed by atoms with E-state index in [4.69, 9.17) is 5.73 Å². The van der Waals surface area contributed by atoms with Gasteiger partial charge in [-0.25, -0.2) is 0 Å². The maximum Gasteiger partial charge on any atom is 0.264 e. The lowest BCUT2D eigenvalue weighted by molar-refractivity contribution is 0.999. The van der Waals surface area contributed by atoms with Crippen LogP contribution in [0.1, 0.15) is 11.1 Å². The fraction of sp³-hybridized carbons (Fsp3) is 0.118. The van der Waals surface area contributed by atoms with E-state index in [0.29, 0.717) is 11.2 Å². The molecule has 0 spiro atoms. The molecule has 0 amide bonds. The van der Waals surface area contributed by atoms with E-state index < -0.39 is 0 Å². The standard InChI is InChI=1S/C17H15BrN2O/c1-10-7-11(2)16(14(18)8-10)20-15(19)9-12-5-3-4-6-13(12)17(20)21/h3-9H,19H2,1-2H3. The van der Waals surface area contributed by atoms with Gasteiger partial charge in [0.05, 0.1) is 5.69 Å². The van der Waals surface area contributed by atoms with Gasteiger partial charge >= 0.3 is 0 Å². The normalized spacial score (nSPS) is 11.0. The molecule has 0 fully saturated rings. The Balaban J connectivity index is 2.44. The molecule has 0 radical (unpaired) electrons. The molecule has 4 heteroatoms. The average molecular weight is 343 g/mol. The van der Waals surface area contributed by atoms with Crippen LogP contribution >= 0.6 is 15.9 Å².